The minimum atomic E-state index is 0.0955. The van der Waals surface area contributed by atoms with Crippen LogP contribution in [0, 0.1) is 11.8 Å². The van der Waals surface area contributed by atoms with Gasteiger partial charge in [-0.25, -0.2) is 0 Å². The second-order valence-electron chi connectivity index (χ2n) is 6.14. The number of nitrogens with zero attached hydrogens (tertiary/aromatic N) is 1. The van der Waals surface area contributed by atoms with Gasteiger partial charge >= 0.3 is 0 Å². The van der Waals surface area contributed by atoms with Crippen LogP contribution in [0.5, 0.6) is 5.75 Å². The number of ether oxygens (including phenoxy) is 2. The van der Waals surface area contributed by atoms with Crippen LogP contribution in [-0.2, 0) is 9.53 Å². The van der Waals surface area contributed by atoms with E-state index in [1.807, 2.05) is 35.2 Å². The third kappa shape index (κ3) is 4.88. The van der Waals surface area contributed by atoms with E-state index in [0.29, 0.717) is 11.8 Å². The second kappa shape index (κ2) is 7.99. The number of carbonyl (C=O) groups excluding carboxylic acids is 1. The van der Waals surface area contributed by atoms with Crippen LogP contribution in [0.3, 0.4) is 0 Å². The summed E-state index contributed by atoms with van der Waals surface area (Å²) < 4.78 is 10.2. The first-order chi connectivity index (χ1) is 10.6. The second-order valence-corrected chi connectivity index (χ2v) is 6.14. The Morgan fingerprint density at radius 1 is 1.23 bits per heavy atom. The molecule has 1 aliphatic rings. The fourth-order valence-corrected chi connectivity index (χ4v) is 2.92. The van der Waals surface area contributed by atoms with Crippen LogP contribution in [0.1, 0.15) is 25.8 Å². The fourth-order valence-electron chi connectivity index (χ4n) is 2.92. The number of piperidine rings is 1. The molecule has 4 nitrogen and oxygen atoms in total. The van der Waals surface area contributed by atoms with Gasteiger partial charge in [-0.1, -0.05) is 26.0 Å². The molecular formula is C18H25NO3. The van der Waals surface area contributed by atoms with Crippen molar-refractivity contribution in [3.8, 4) is 5.75 Å². The Labute approximate surface area is 132 Å². The molecule has 0 aromatic heterocycles. The van der Waals surface area contributed by atoms with Gasteiger partial charge in [0.25, 0.3) is 0 Å². The molecule has 1 aliphatic heterocycles. The fraction of sp³-hybridized carbons (Fsp3) is 0.500. The van der Waals surface area contributed by atoms with E-state index in [1.165, 1.54) is 6.42 Å². The summed E-state index contributed by atoms with van der Waals surface area (Å²) in [4.78, 5) is 14.2. The molecule has 1 saturated heterocycles. The predicted molar refractivity (Wildman–Crippen MR) is 87.5 cm³/mol. The number of amides is 1. The molecule has 1 amide bonds. The molecule has 0 spiro atoms. The lowest BCUT2D eigenvalue weighted by molar-refractivity contribution is -0.128. The van der Waals surface area contributed by atoms with E-state index in [9.17, 15) is 4.79 Å². The molecule has 0 radical (unpaired) electrons. The molecule has 0 bridgehead atoms. The highest BCUT2D eigenvalue weighted by Crippen LogP contribution is 2.21. The highest BCUT2D eigenvalue weighted by molar-refractivity contribution is 5.91. The van der Waals surface area contributed by atoms with E-state index >= 15 is 0 Å². The number of rotatable bonds is 5. The number of hydrogen-bond acceptors (Lipinski definition) is 3. The highest BCUT2D eigenvalue weighted by Gasteiger charge is 2.23. The predicted octanol–water partition coefficient (Wildman–Crippen LogP) is 3.19. The van der Waals surface area contributed by atoms with Crippen molar-refractivity contribution in [2.24, 2.45) is 11.8 Å². The zero-order chi connectivity index (χ0) is 15.9. The number of likely N-dealkylation sites (tertiary alicyclic amines) is 1. The number of methoxy groups -OCH3 is 1. The summed E-state index contributed by atoms with van der Waals surface area (Å²) in [6, 6.07) is 7.59. The van der Waals surface area contributed by atoms with Gasteiger partial charge in [-0.2, -0.15) is 0 Å². The lowest BCUT2D eigenvalue weighted by Gasteiger charge is -2.34. The van der Waals surface area contributed by atoms with E-state index in [4.69, 9.17) is 9.47 Å². The third-order valence-corrected chi connectivity index (χ3v) is 3.82. The average Bonchev–Trinajstić information content (AvgIpc) is 2.50. The Kier molecular flexibility index (Phi) is 6.01. The first-order valence-corrected chi connectivity index (χ1v) is 7.77. The molecule has 2 unspecified atom stereocenters. The van der Waals surface area contributed by atoms with Gasteiger partial charge in [0.2, 0.25) is 5.91 Å². The van der Waals surface area contributed by atoms with Crippen LogP contribution < -0.4 is 4.74 Å². The van der Waals surface area contributed by atoms with Gasteiger partial charge in [0.15, 0.2) is 6.79 Å². The zero-order valence-electron chi connectivity index (χ0n) is 13.6. The normalized spacial score (nSPS) is 22.0. The Bertz CT molecular complexity index is 500. The van der Waals surface area contributed by atoms with Gasteiger partial charge in [-0.05, 0) is 42.0 Å². The SMILES string of the molecule is COCOc1ccc(/C=C/C(=O)N2CC(C)CC(C)C2)cc1. The summed E-state index contributed by atoms with van der Waals surface area (Å²) >= 11 is 0. The molecule has 0 aliphatic carbocycles. The van der Waals surface area contributed by atoms with Crippen LogP contribution in [-0.4, -0.2) is 37.8 Å². The third-order valence-electron chi connectivity index (χ3n) is 3.82. The molecule has 22 heavy (non-hydrogen) atoms. The molecule has 1 aromatic carbocycles. The van der Waals surface area contributed by atoms with Crippen molar-refractivity contribution < 1.29 is 14.3 Å². The zero-order valence-corrected chi connectivity index (χ0v) is 13.6. The Balaban J connectivity index is 1.91. The lowest BCUT2D eigenvalue weighted by atomic mass is 9.92. The van der Waals surface area contributed by atoms with Crippen LogP contribution in [0.4, 0.5) is 0 Å². The number of hydrogen-bond donors (Lipinski definition) is 0. The number of carbonyl (C=O) groups is 1. The van der Waals surface area contributed by atoms with Crippen molar-refractivity contribution in [2.45, 2.75) is 20.3 Å². The quantitative estimate of drug-likeness (QED) is 0.619. The van der Waals surface area contributed by atoms with Crippen LogP contribution >= 0.6 is 0 Å². The van der Waals surface area contributed by atoms with Crippen molar-refractivity contribution in [3.63, 3.8) is 0 Å². The van der Waals surface area contributed by atoms with Gasteiger partial charge in [-0.15, -0.1) is 0 Å². The van der Waals surface area contributed by atoms with Gasteiger partial charge < -0.3 is 14.4 Å². The van der Waals surface area contributed by atoms with E-state index < -0.39 is 0 Å². The van der Waals surface area contributed by atoms with Crippen molar-refractivity contribution in [2.75, 3.05) is 27.0 Å². The van der Waals surface area contributed by atoms with E-state index in [0.717, 1.165) is 24.4 Å². The summed E-state index contributed by atoms with van der Waals surface area (Å²) in [5.41, 5.74) is 0.983. The molecule has 0 N–H and O–H groups in total. The molecule has 2 atom stereocenters. The molecule has 1 aromatic rings. The average molecular weight is 303 g/mol. The molecular weight excluding hydrogens is 278 g/mol. The van der Waals surface area contributed by atoms with Crippen molar-refractivity contribution in [1.82, 2.24) is 4.90 Å². The summed E-state index contributed by atoms with van der Waals surface area (Å²) in [5.74, 6) is 2.01. The maximum Gasteiger partial charge on any atom is 0.246 e. The maximum atomic E-state index is 12.3. The standard InChI is InChI=1S/C18H25NO3/c1-14-10-15(2)12-19(11-14)18(20)9-6-16-4-7-17(8-5-16)22-13-21-3/h4-9,14-15H,10-13H2,1-3H3/b9-6+. The Morgan fingerprint density at radius 3 is 2.45 bits per heavy atom. The summed E-state index contributed by atoms with van der Waals surface area (Å²) in [6.45, 7) is 6.37. The van der Waals surface area contributed by atoms with Crippen molar-refractivity contribution in [3.05, 3.63) is 35.9 Å². The maximum absolute atomic E-state index is 12.3. The summed E-state index contributed by atoms with van der Waals surface area (Å²) in [6.07, 6.45) is 4.72. The monoisotopic (exact) mass is 303 g/mol. The smallest absolute Gasteiger partial charge is 0.246 e. The largest absolute Gasteiger partial charge is 0.468 e. The molecule has 120 valence electrons. The van der Waals surface area contributed by atoms with Crippen LogP contribution in [0.15, 0.2) is 30.3 Å². The topological polar surface area (TPSA) is 38.8 Å². The molecule has 1 fully saturated rings. The summed E-state index contributed by atoms with van der Waals surface area (Å²) in [5, 5.41) is 0. The van der Waals surface area contributed by atoms with Crippen LogP contribution in [0.25, 0.3) is 6.08 Å². The molecule has 0 saturated carbocycles. The molecule has 2 rings (SSSR count). The first kappa shape index (κ1) is 16.6. The first-order valence-electron chi connectivity index (χ1n) is 7.77. The van der Waals surface area contributed by atoms with Crippen LogP contribution in [0.2, 0.25) is 0 Å². The van der Waals surface area contributed by atoms with E-state index in [2.05, 4.69) is 13.8 Å². The highest BCUT2D eigenvalue weighted by atomic mass is 16.7. The van der Waals surface area contributed by atoms with Crippen molar-refractivity contribution in [1.29, 1.82) is 0 Å². The van der Waals surface area contributed by atoms with Gasteiger partial charge in [0.1, 0.15) is 5.75 Å². The number of benzene rings is 1. The van der Waals surface area contributed by atoms with Gasteiger partial charge in [-0.3, -0.25) is 4.79 Å². The lowest BCUT2D eigenvalue weighted by Crippen LogP contribution is -2.41. The minimum absolute atomic E-state index is 0.0955. The molecule has 1 heterocycles. The van der Waals surface area contributed by atoms with E-state index in [1.54, 1.807) is 13.2 Å². The summed E-state index contributed by atoms with van der Waals surface area (Å²) in [7, 11) is 1.59. The van der Waals surface area contributed by atoms with Crippen molar-refractivity contribution >= 4 is 12.0 Å². The molecule has 4 heteroatoms. The van der Waals surface area contributed by atoms with Gasteiger partial charge in [0.05, 0.1) is 0 Å². The van der Waals surface area contributed by atoms with E-state index in [-0.39, 0.29) is 12.7 Å². The van der Waals surface area contributed by atoms with Gasteiger partial charge in [0, 0.05) is 26.3 Å². The Hall–Kier alpha value is -1.81. The Morgan fingerprint density at radius 2 is 1.86 bits per heavy atom. The minimum Gasteiger partial charge on any atom is -0.468 e.